The summed E-state index contributed by atoms with van der Waals surface area (Å²) >= 11 is 0. The summed E-state index contributed by atoms with van der Waals surface area (Å²) in [6.45, 7) is 18.7. The highest BCUT2D eigenvalue weighted by Crippen LogP contribution is 2.43. The van der Waals surface area contributed by atoms with Crippen LogP contribution in [0.1, 0.15) is 58.2 Å². The van der Waals surface area contributed by atoms with Crippen molar-refractivity contribution in [2.75, 3.05) is 16.5 Å². The number of hydrogen-bond donors (Lipinski definition) is 0. The summed E-state index contributed by atoms with van der Waals surface area (Å²) < 4.78 is 9.26. The molecule has 5 nitrogen and oxygen atoms in total. The molecule has 0 N–H and O–H groups in total. The van der Waals surface area contributed by atoms with E-state index in [0.29, 0.717) is 6.67 Å². The van der Waals surface area contributed by atoms with Crippen LogP contribution < -0.4 is 14.5 Å². The molecule has 1 aliphatic rings. The van der Waals surface area contributed by atoms with Gasteiger partial charge in [-0.2, -0.15) is 0 Å². The minimum atomic E-state index is -0.120. The van der Waals surface area contributed by atoms with Crippen LogP contribution in [0.5, 0.6) is 11.5 Å². The average Bonchev–Trinajstić information content (AvgIpc) is 3.82. The Morgan fingerprint density at radius 2 is 1.24 bits per heavy atom. The number of benzene rings is 6. The fourth-order valence-corrected chi connectivity index (χ4v) is 8.55. The first-order valence-electron chi connectivity index (χ1n) is 20.6. The molecule has 294 valence electrons. The van der Waals surface area contributed by atoms with Crippen molar-refractivity contribution in [1.29, 1.82) is 0 Å². The fourth-order valence-electron chi connectivity index (χ4n) is 8.55. The van der Waals surface area contributed by atoms with Crippen LogP contribution in [0, 0.1) is 19.3 Å². The Labute approximate surface area is 348 Å². The molecule has 8 aromatic rings. The van der Waals surface area contributed by atoms with Crippen molar-refractivity contribution in [2.45, 2.75) is 60.8 Å². The topological polar surface area (TPSA) is 33.5 Å². The zero-order valence-electron chi connectivity index (χ0n) is 35.4. The molecule has 2 aromatic heterocycles. The highest BCUT2D eigenvalue weighted by atomic mass is 16.5. The number of allylic oxidation sites excluding steroid dienone is 1. The van der Waals surface area contributed by atoms with E-state index in [4.69, 9.17) is 9.72 Å². The molecule has 6 aromatic carbocycles. The quantitative estimate of drug-likeness (QED) is 0.162. The molecule has 0 saturated heterocycles. The summed E-state index contributed by atoms with van der Waals surface area (Å²) in [6, 6.07) is 52.1. The Hall–Kier alpha value is -6.59. The van der Waals surface area contributed by atoms with E-state index in [1.54, 1.807) is 0 Å². The Morgan fingerprint density at radius 3 is 1.97 bits per heavy atom. The Kier molecular flexibility index (Phi) is 9.43. The highest BCUT2D eigenvalue weighted by Gasteiger charge is 2.32. The van der Waals surface area contributed by atoms with Gasteiger partial charge in [-0.25, -0.2) is 4.98 Å². The maximum absolute atomic E-state index is 6.99. The third kappa shape index (κ3) is 7.27. The van der Waals surface area contributed by atoms with E-state index in [9.17, 15) is 0 Å². The molecule has 0 radical (unpaired) electrons. The predicted molar refractivity (Wildman–Crippen MR) is 248 cm³/mol. The third-order valence-electron chi connectivity index (χ3n) is 11.6. The smallest absolute Gasteiger partial charge is 0.137 e. The fraction of sp³-hybridized carbons (Fsp3) is 0.204. The third-order valence-corrected chi connectivity index (χ3v) is 11.6. The number of para-hydroxylation sites is 1. The van der Waals surface area contributed by atoms with Crippen LogP contribution >= 0.6 is 0 Å². The van der Waals surface area contributed by atoms with Gasteiger partial charge in [0, 0.05) is 57.8 Å². The van der Waals surface area contributed by atoms with Gasteiger partial charge in [0.15, 0.2) is 0 Å². The van der Waals surface area contributed by atoms with Crippen molar-refractivity contribution in [2.24, 2.45) is 5.41 Å². The number of ether oxygens (including phenoxy) is 1. The average molecular weight is 773 g/mol. The summed E-state index contributed by atoms with van der Waals surface area (Å²) in [5.74, 6) is 2.45. The van der Waals surface area contributed by atoms with Crippen molar-refractivity contribution in [3.63, 3.8) is 0 Å². The van der Waals surface area contributed by atoms with E-state index in [1.165, 1.54) is 44.5 Å². The number of nitrogens with zero attached hydrogens (tertiary/aromatic N) is 4. The normalized spacial score (nSPS) is 13.4. The van der Waals surface area contributed by atoms with Crippen LogP contribution in [0.25, 0.3) is 49.9 Å². The van der Waals surface area contributed by atoms with E-state index >= 15 is 0 Å². The van der Waals surface area contributed by atoms with E-state index in [-0.39, 0.29) is 10.8 Å². The molecule has 9 rings (SSSR count). The van der Waals surface area contributed by atoms with Gasteiger partial charge in [-0.05, 0) is 113 Å². The molecule has 0 aliphatic carbocycles. The van der Waals surface area contributed by atoms with Crippen molar-refractivity contribution >= 4 is 33.2 Å². The van der Waals surface area contributed by atoms with Gasteiger partial charge in [0.05, 0.1) is 17.7 Å². The minimum absolute atomic E-state index is 0.00961. The van der Waals surface area contributed by atoms with Gasteiger partial charge < -0.3 is 14.5 Å². The second-order valence-electron chi connectivity index (χ2n) is 18.0. The van der Waals surface area contributed by atoms with Gasteiger partial charge in [0.1, 0.15) is 17.3 Å². The number of aryl methyl sites for hydroxylation is 2. The van der Waals surface area contributed by atoms with Crippen LogP contribution in [0.3, 0.4) is 0 Å². The lowest BCUT2D eigenvalue weighted by molar-refractivity contribution is 0.481. The molecule has 5 heteroatoms. The monoisotopic (exact) mass is 772 g/mol. The SMILES string of the molecule is Cc1cccc(C)c1-c1cc(Oc2ccc3c4ccccc4n(-c4cc(C(C)(C)C)ccn4)c3c2)cc(N2CN(c3ccc(-c4ccccc4)cc3)C=C2C(C)(C)C)c1. The summed E-state index contributed by atoms with van der Waals surface area (Å²) in [5.41, 5.74) is 14.0. The van der Waals surface area contributed by atoms with Crippen molar-refractivity contribution in [3.8, 4) is 39.6 Å². The van der Waals surface area contributed by atoms with Crippen LogP contribution in [0.15, 0.2) is 164 Å². The van der Waals surface area contributed by atoms with Gasteiger partial charge in [0.2, 0.25) is 0 Å². The van der Waals surface area contributed by atoms with Gasteiger partial charge >= 0.3 is 0 Å². The number of hydrogen-bond acceptors (Lipinski definition) is 4. The van der Waals surface area contributed by atoms with Crippen molar-refractivity contribution in [3.05, 3.63) is 180 Å². The van der Waals surface area contributed by atoms with Crippen LogP contribution in [-0.2, 0) is 5.41 Å². The molecule has 3 heterocycles. The Bertz CT molecular complexity index is 2850. The molecule has 59 heavy (non-hydrogen) atoms. The zero-order chi connectivity index (χ0) is 41.1. The lowest BCUT2D eigenvalue weighted by Crippen LogP contribution is -2.30. The van der Waals surface area contributed by atoms with E-state index in [2.05, 4.69) is 222 Å². The number of fused-ring (bicyclic) bond motifs is 3. The van der Waals surface area contributed by atoms with Gasteiger partial charge in [-0.15, -0.1) is 0 Å². The van der Waals surface area contributed by atoms with Crippen LogP contribution in [-0.4, -0.2) is 16.2 Å². The molecule has 0 unspecified atom stereocenters. The van der Waals surface area contributed by atoms with Gasteiger partial charge in [-0.3, -0.25) is 4.57 Å². The molecule has 0 atom stereocenters. The summed E-state index contributed by atoms with van der Waals surface area (Å²) in [7, 11) is 0. The standard InChI is InChI=1S/C54H52N4O/c1-36-15-14-16-37(2)52(36)40-29-43(57-35-56(34-50(57)54(6,7)8)42-23-21-39(22-24-42)38-17-10-9-11-18-38)32-45(30-40)59-44-25-26-47-46-19-12-13-20-48(46)58(49(47)33-44)51-31-41(27-28-55-51)53(3,4)5/h9-34H,35H2,1-8H3. The van der Waals surface area contributed by atoms with E-state index in [1.807, 2.05) is 6.20 Å². The number of pyridine rings is 1. The number of rotatable bonds is 7. The summed E-state index contributed by atoms with van der Waals surface area (Å²) in [6.07, 6.45) is 4.25. The summed E-state index contributed by atoms with van der Waals surface area (Å²) in [4.78, 5) is 9.71. The maximum atomic E-state index is 6.99. The minimum Gasteiger partial charge on any atom is -0.457 e. The molecular formula is C54H52N4O. The number of anilines is 2. The first kappa shape index (κ1) is 38.0. The second-order valence-corrected chi connectivity index (χ2v) is 18.0. The molecule has 0 amide bonds. The zero-order valence-corrected chi connectivity index (χ0v) is 35.4. The lowest BCUT2D eigenvalue weighted by atomic mass is 9.88. The molecule has 0 saturated carbocycles. The molecular weight excluding hydrogens is 721 g/mol. The Morgan fingerprint density at radius 1 is 0.542 bits per heavy atom. The van der Waals surface area contributed by atoms with E-state index < -0.39 is 0 Å². The molecule has 1 aliphatic heterocycles. The summed E-state index contributed by atoms with van der Waals surface area (Å²) in [5, 5.41) is 2.35. The van der Waals surface area contributed by atoms with Gasteiger partial charge in [-0.1, -0.05) is 120 Å². The molecule has 0 fully saturated rings. The first-order chi connectivity index (χ1) is 28.3. The number of aromatic nitrogens is 2. The largest absolute Gasteiger partial charge is 0.457 e. The van der Waals surface area contributed by atoms with E-state index in [0.717, 1.165) is 50.7 Å². The van der Waals surface area contributed by atoms with Crippen LogP contribution in [0.2, 0.25) is 0 Å². The molecule has 0 bridgehead atoms. The maximum Gasteiger partial charge on any atom is 0.137 e. The Balaban J connectivity index is 1.14. The highest BCUT2D eigenvalue weighted by molar-refractivity contribution is 6.09. The van der Waals surface area contributed by atoms with Crippen molar-refractivity contribution in [1.82, 2.24) is 9.55 Å². The lowest BCUT2D eigenvalue weighted by Gasteiger charge is -2.31. The predicted octanol–water partition coefficient (Wildman–Crippen LogP) is 14.4. The van der Waals surface area contributed by atoms with Crippen LogP contribution in [0.4, 0.5) is 11.4 Å². The molecule has 0 spiro atoms. The first-order valence-corrected chi connectivity index (χ1v) is 20.6. The van der Waals surface area contributed by atoms with Gasteiger partial charge in [0.25, 0.3) is 0 Å². The van der Waals surface area contributed by atoms with Crippen molar-refractivity contribution < 1.29 is 4.74 Å². The second kappa shape index (κ2) is 14.7.